The van der Waals surface area contributed by atoms with E-state index >= 15 is 0 Å². The van der Waals surface area contributed by atoms with Crippen molar-refractivity contribution >= 4 is 56.5 Å². The van der Waals surface area contributed by atoms with E-state index in [2.05, 4.69) is 21.2 Å². The van der Waals surface area contributed by atoms with Crippen LogP contribution in [0.15, 0.2) is 34.1 Å². The molecule has 1 unspecified atom stereocenters. The van der Waals surface area contributed by atoms with E-state index in [1.165, 1.54) is 11.3 Å². The Morgan fingerprint density at radius 2 is 2.06 bits per heavy atom. The van der Waals surface area contributed by atoms with Crippen molar-refractivity contribution in [2.45, 2.75) is 25.8 Å². The molecule has 1 aliphatic carbocycles. The van der Waals surface area contributed by atoms with Crippen LogP contribution < -0.4 is 19.9 Å². The van der Waals surface area contributed by atoms with Crippen LogP contribution in [0.1, 0.15) is 18.4 Å². The van der Waals surface area contributed by atoms with Gasteiger partial charge in [0.2, 0.25) is 5.91 Å². The summed E-state index contributed by atoms with van der Waals surface area (Å²) in [5, 5.41) is 3.39. The first kappa shape index (κ1) is 21.4. The molecule has 3 amide bonds. The van der Waals surface area contributed by atoms with Crippen LogP contribution in [0.4, 0.5) is 16.2 Å². The number of hydrogen-bond donors (Lipinski definition) is 1. The molecule has 1 N–H and O–H groups in total. The molecule has 3 heterocycles. The summed E-state index contributed by atoms with van der Waals surface area (Å²) in [5.74, 6) is -0.0434. The van der Waals surface area contributed by atoms with Gasteiger partial charge >= 0.3 is 6.09 Å². The normalized spacial score (nSPS) is 21.9. The van der Waals surface area contributed by atoms with E-state index in [0.29, 0.717) is 24.8 Å². The molecule has 0 radical (unpaired) electrons. The SMILES string of the molecule is Cc1cc(N2CC(NC(=O)Oc3ccc(Br)s3)C3(CC3)C2=O)ccc1N1CCOCC1=O. The number of nitrogens with one attached hydrogen (secondary N) is 1. The number of carbonyl (C=O) groups is 3. The lowest BCUT2D eigenvalue weighted by molar-refractivity contribution is -0.125. The van der Waals surface area contributed by atoms with Crippen LogP contribution in [0.3, 0.4) is 0 Å². The van der Waals surface area contributed by atoms with Crippen LogP contribution in [0.2, 0.25) is 0 Å². The van der Waals surface area contributed by atoms with Crippen LogP contribution in [-0.2, 0) is 14.3 Å². The zero-order chi connectivity index (χ0) is 22.5. The summed E-state index contributed by atoms with van der Waals surface area (Å²) < 4.78 is 11.5. The Kier molecular flexibility index (Phi) is 5.47. The van der Waals surface area contributed by atoms with E-state index in [4.69, 9.17) is 9.47 Å². The van der Waals surface area contributed by atoms with E-state index in [-0.39, 0.29) is 24.5 Å². The highest BCUT2D eigenvalue weighted by molar-refractivity contribution is 9.11. The number of benzene rings is 1. The number of thiophene rings is 1. The Morgan fingerprint density at radius 3 is 2.72 bits per heavy atom. The molecule has 3 aliphatic rings. The molecule has 10 heteroatoms. The number of rotatable bonds is 4. The molecule has 2 saturated heterocycles. The lowest BCUT2D eigenvalue weighted by Crippen LogP contribution is -2.43. The fourth-order valence-corrected chi connectivity index (χ4v) is 5.65. The minimum absolute atomic E-state index is 0.0243. The Balaban J connectivity index is 1.31. The molecule has 5 rings (SSSR count). The number of halogens is 1. The van der Waals surface area contributed by atoms with Crippen LogP contribution in [0, 0.1) is 12.3 Å². The standard InChI is InChI=1S/C22H22BrN3O5S/c1-13-10-14(2-3-15(13)25-8-9-30-12-18(25)27)26-11-16(22(6-7-22)20(26)28)24-21(29)31-19-5-4-17(23)32-19/h2-5,10,16H,6-9,11-12H2,1H3,(H,24,29). The number of morpholine rings is 1. The molecule has 1 saturated carbocycles. The second kappa shape index (κ2) is 8.17. The maximum atomic E-state index is 13.2. The average Bonchev–Trinajstić information content (AvgIpc) is 3.41. The van der Waals surface area contributed by atoms with Crippen molar-refractivity contribution in [2.24, 2.45) is 5.41 Å². The molecular formula is C22H22BrN3O5S. The quantitative estimate of drug-likeness (QED) is 0.668. The number of nitrogens with zero attached hydrogens (tertiary/aromatic N) is 2. The molecular weight excluding hydrogens is 498 g/mol. The van der Waals surface area contributed by atoms with Gasteiger partial charge in [-0.05, 0) is 71.6 Å². The van der Waals surface area contributed by atoms with E-state index in [9.17, 15) is 14.4 Å². The molecule has 2 aromatic rings. The Labute approximate surface area is 197 Å². The first-order valence-electron chi connectivity index (χ1n) is 10.4. The first-order chi connectivity index (χ1) is 15.4. The molecule has 1 atom stereocenters. The maximum Gasteiger partial charge on any atom is 0.413 e. The summed E-state index contributed by atoms with van der Waals surface area (Å²) in [4.78, 5) is 41.3. The van der Waals surface area contributed by atoms with Gasteiger partial charge < -0.3 is 24.6 Å². The number of anilines is 2. The van der Waals surface area contributed by atoms with Crippen molar-refractivity contribution in [3.05, 3.63) is 39.7 Å². The minimum Gasteiger partial charge on any atom is -0.399 e. The zero-order valence-corrected chi connectivity index (χ0v) is 19.8. The molecule has 1 aromatic carbocycles. The molecule has 1 aromatic heterocycles. The summed E-state index contributed by atoms with van der Waals surface area (Å²) in [6.07, 6.45) is 0.941. The Morgan fingerprint density at radius 1 is 1.25 bits per heavy atom. The van der Waals surface area contributed by atoms with Crippen molar-refractivity contribution in [2.75, 3.05) is 36.1 Å². The molecule has 168 valence electrons. The van der Waals surface area contributed by atoms with Gasteiger partial charge in [-0.3, -0.25) is 9.59 Å². The molecule has 3 fully saturated rings. The summed E-state index contributed by atoms with van der Waals surface area (Å²) in [6, 6.07) is 8.89. The second-order valence-electron chi connectivity index (χ2n) is 8.29. The van der Waals surface area contributed by atoms with E-state index in [0.717, 1.165) is 33.6 Å². The van der Waals surface area contributed by atoms with Gasteiger partial charge in [0, 0.05) is 24.5 Å². The first-order valence-corrected chi connectivity index (χ1v) is 12.0. The van der Waals surface area contributed by atoms with Crippen LogP contribution in [0.5, 0.6) is 5.06 Å². The summed E-state index contributed by atoms with van der Waals surface area (Å²) in [5.41, 5.74) is 1.95. The van der Waals surface area contributed by atoms with Gasteiger partial charge in [0.15, 0.2) is 5.06 Å². The largest absolute Gasteiger partial charge is 0.413 e. The van der Waals surface area contributed by atoms with Crippen molar-refractivity contribution in [3.8, 4) is 5.06 Å². The highest BCUT2D eigenvalue weighted by Crippen LogP contribution is 2.54. The van der Waals surface area contributed by atoms with Crippen LogP contribution in [0.25, 0.3) is 0 Å². The smallest absolute Gasteiger partial charge is 0.399 e. The van der Waals surface area contributed by atoms with E-state index < -0.39 is 11.5 Å². The average molecular weight is 520 g/mol. The second-order valence-corrected chi connectivity index (χ2v) is 10.7. The molecule has 8 nitrogen and oxygen atoms in total. The predicted molar refractivity (Wildman–Crippen MR) is 123 cm³/mol. The summed E-state index contributed by atoms with van der Waals surface area (Å²) in [6.45, 7) is 3.42. The fraction of sp³-hybridized carbons (Fsp3) is 0.409. The lowest BCUT2D eigenvalue weighted by Gasteiger charge is -2.29. The molecule has 1 spiro atoms. The number of carbonyl (C=O) groups excluding carboxylic acids is 3. The van der Waals surface area contributed by atoms with Crippen molar-refractivity contribution < 1.29 is 23.9 Å². The van der Waals surface area contributed by atoms with Crippen LogP contribution >= 0.6 is 27.3 Å². The van der Waals surface area contributed by atoms with Crippen molar-refractivity contribution in [1.29, 1.82) is 0 Å². The fourth-order valence-electron chi connectivity index (χ4n) is 4.46. The van der Waals surface area contributed by atoms with Crippen molar-refractivity contribution in [3.63, 3.8) is 0 Å². The molecule has 0 bridgehead atoms. The number of aryl methyl sites for hydroxylation is 1. The third-order valence-corrected chi connectivity index (χ3v) is 7.80. The van der Waals surface area contributed by atoms with Gasteiger partial charge in [-0.2, -0.15) is 0 Å². The molecule has 32 heavy (non-hydrogen) atoms. The van der Waals surface area contributed by atoms with E-state index in [1.54, 1.807) is 15.9 Å². The van der Waals surface area contributed by atoms with Gasteiger partial charge in [0.25, 0.3) is 5.91 Å². The van der Waals surface area contributed by atoms with Gasteiger partial charge in [0.1, 0.15) is 6.61 Å². The van der Waals surface area contributed by atoms with Crippen molar-refractivity contribution in [1.82, 2.24) is 5.32 Å². The predicted octanol–water partition coefficient (Wildman–Crippen LogP) is 3.47. The van der Waals surface area contributed by atoms with Gasteiger partial charge in [-0.1, -0.05) is 11.3 Å². The highest BCUT2D eigenvalue weighted by Gasteiger charge is 2.63. The third kappa shape index (κ3) is 3.80. The Bertz CT molecular complexity index is 1100. The van der Waals surface area contributed by atoms with Crippen LogP contribution in [-0.4, -0.2) is 50.3 Å². The molecule has 2 aliphatic heterocycles. The summed E-state index contributed by atoms with van der Waals surface area (Å²) >= 11 is 4.67. The van der Waals surface area contributed by atoms with Gasteiger partial charge in [-0.25, -0.2) is 4.79 Å². The third-order valence-electron chi connectivity index (χ3n) is 6.29. The van der Waals surface area contributed by atoms with Gasteiger partial charge in [0.05, 0.1) is 21.9 Å². The maximum absolute atomic E-state index is 13.2. The monoisotopic (exact) mass is 519 g/mol. The number of ether oxygens (including phenoxy) is 2. The number of amides is 3. The van der Waals surface area contributed by atoms with Gasteiger partial charge in [-0.15, -0.1) is 0 Å². The topological polar surface area (TPSA) is 88.2 Å². The zero-order valence-electron chi connectivity index (χ0n) is 17.4. The Hall–Kier alpha value is -2.43. The minimum atomic E-state index is -0.554. The highest BCUT2D eigenvalue weighted by atomic mass is 79.9. The summed E-state index contributed by atoms with van der Waals surface area (Å²) in [7, 11) is 0. The lowest BCUT2D eigenvalue weighted by atomic mass is 10.0. The van der Waals surface area contributed by atoms with E-state index in [1.807, 2.05) is 31.2 Å². The number of hydrogen-bond acceptors (Lipinski definition) is 6.